The minimum Gasteiger partial charge on any atom is -0.352 e. The fraction of sp³-hybridized carbons (Fsp3) is 0.333. The number of anilines is 1. The second kappa shape index (κ2) is 9.02. The number of carbonyl (C=O) groups is 2. The molecule has 0 aliphatic carbocycles. The van der Waals surface area contributed by atoms with Gasteiger partial charge in [0.05, 0.1) is 0 Å². The van der Waals surface area contributed by atoms with Crippen LogP contribution in [0.1, 0.15) is 44.2 Å². The van der Waals surface area contributed by atoms with E-state index < -0.39 is 0 Å². The topological polar surface area (TPSA) is 49.4 Å². The minimum absolute atomic E-state index is 0.0612. The maximum atomic E-state index is 12.1. The number of hydrogen-bond acceptors (Lipinski definition) is 2. The van der Waals surface area contributed by atoms with Crippen molar-refractivity contribution in [3.63, 3.8) is 0 Å². The summed E-state index contributed by atoms with van der Waals surface area (Å²) >= 11 is 0. The molecule has 0 aromatic heterocycles. The molecule has 0 aliphatic rings. The quantitative estimate of drug-likeness (QED) is 0.833. The Morgan fingerprint density at radius 1 is 1.00 bits per heavy atom. The third-order valence-corrected chi connectivity index (χ3v) is 4.15. The zero-order valence-corrected chi connectivity index (χ0v) is 15.2. The number of hydrogen-bond donors (Lipinski definition) is 1. The third kappa shape index (κ3) is 5.75. The van der Waals surface area contributed by atoms with Gasteiger partial charge in [0.25, 0.3) is 0 Å². The van der Waals surface area contributed by atoms with Gasteiger partial charge in [-0.2, -0.15) is 0 Å². The summed E-state index contributed by atoms with van der Waals surface area (Å²) in [6.07, 6.45) is 0.276. The highest BCUT2D eigenvalue weighted by Crippen LogP contribution is 2.20. The van der Waals surface area contributed by atoms with Crippen molar-refractivity contribution in [2.75, 3.05) is 11.4 Å². The summed E-state index contributed by atoms with van der Waals surface area (Å²) in [5.41, 5.74) is 3.11. The molecule has 0 aliphatic heterocycles. The summed E-state index contributed by atoms with van der Waals surface area (Å²) in [6.45, 7) is 6.67. The number of rotatable bonds is 7. The zero-order chi connectivity index (χ0) is 18.2. The standard InChI is InChI=1S/C21H26N2O2/c1-16(2)19-9-11-20(12-10-19)23(17(3)24)14-13-21(25)22-15-18-7-5-4-6-8-18/h4-12,16H,13-15H2,1-3H3,(H,22,25). The van der Waals surface area contributed by atoms with Gasteiger partial charge in [-0.15, -0.1) is 0 Å². The minimum atomic E-state index is -0.0619. The Kier molecular flexibility index (Phi) is 6.75. The van der Waals surface area contributed by atoms with E-state index in [2.05, 4.69) is 19.2 Å². The van der Waals surface area contributed by atoms with Gasteiger partial charge in [-0.25, -0.2) is 0 Å². The molecule has 1 N–H and O–H groups in total. The van der Waals surface area contributed by atoms with Gasteiger partial charge in [0.15, 0.2) is 0 Å². The molecular formula is C21H26N2O2. The second-order valence-corrected chi connectivity index (χ2v) is 6.43. The Morgan fingerprint density at radius 3 is 2.20 bits per heavy atom. The molecule has 0 unspecified atom stereocenters. The van der Waals surface area contributed by atoms with Crippen molar-refractivity contribution >= 4 is 17.5 Å². The number of nitrogens with zero attached hydrogens (tertiary/aromatic N) is 1. The van der Waals surface area contributed by atoms with E-state index in [4.69, 9.17) is 0 Å². The van der Waals surface area contributed by atoms with Crippen LogP contribution in [0, 0.1) is 0 Å². The zero-order valence-electron chi connectivity index (χ0n) is 15.2. The van der Waals surface area contributed by atoms with Gasteiger partial charge in [-0.05, 0) is 29.2 Å². The fourth-order valence-corrected chi connectivity index (χ4v) is 2.61. The van der Waals surface area contributed by atoms with E-state index in [0.717, 1.165) is 11.3 Å². The highest BCUT2D eigenvalue weighted by atomic mass is 16.2. The summed E-state index contributed by atoms with van der Waals surface area (Å²) in [5, 5.41) is 2.89. The Labute approximate surface area is 149 Å². The van der Waals surface area contributed by atoms with E-state index >= 15 is 0 Å². The Balaban J connectivity index is 1.90. The van der Waals surface area contributed by atoms with E-state index in [1.54, 1.807) is 4.90 Å². The maximum absolute atomic E-state index is 12.1. The summed E-state index contributed by atoms with van der Waals surface area (Å²) in [7, 11) is 0. The first kappa shape index (κ1) is 18.7. The molecule has 2 rings (SSSR count). The second-order valence-electron chi connectivity index (χ2n) is 6.43. The average Bonchev–Trinajstić information content (AvgIpc) is 2.61. The van der Waals surface area contributed by atoms with Crippen molar-refractivity contribution in [2.24, 2.45) is 0 Å². The molecule has 4 nitrogen and oxygen atoms in total. The van der Waals surface area contributed by atoms with Gasteiger partial charge in [0.2, 0.25) is 11.8 Å². The smallest absolute Gasteiger partial charge is 0.223 e. The monoisotopic (exact) mass is 338 g/mol. The predicted molar refractivity (Wildman–Crippen MR) is 101 cm³/mol. The van der Waals surface area contributed by atoms with Crippen LogP contribution in [-0.4, -0.2) is 18.4 Å². The lowest BCUT2D eigenvalue weighted by molar-refractivity contribution is -0.121. The van der Waals surface area contributed by atoms with E-state index in [0.29, 0.717) is 19.0 Å². The van der Waals surface area contributed by atoms with Crippen molar-refractivity contribution in [2.45, 2.75) is 39.7 Å². The van der Waals surface area contributed by atoms with Crippen LogP contribution >= 0.6 is 0 Å². The predicted octanol–water partition coefficient (Wildman–Crippen LogP) is 3.87. The maximum Gasteiger partial charge on any atom is 0.223 e. The molecule has 0 fully saturated rings. The number of amides is 2. The van der Waals surface area contributed by atoms with Crippen molar-refractivity contribution < 1.29 is 9.59 Å². The van der Waals surface area contributed by atoms with Crippen LogP contribution in [0.2, 0.25) is 0 Å². The molecule has 4 heteroatoms. The molecule has 25 heavy (non-hydrogen) atoms. The van der Waals surface area contributed by atoms with Crippen LogP contribution < -0.4 is 10.2 Å². The van der Waals surface area contributed by atoms with Crippen LogP contribution in [0.5, 0.6) is 0 Å². The van der Waals surface area contributed by atoms with Gasteiger partial charge in [0.1, 0.15) is 0 Å². The summed E-state index contributed by atoms with van der Waals surface area (Å²) in [6, 6.07) is 17.7. The highest BCUT2D eigenvalue weighted by molar-refractivity contribution is 5.92. The van der Waals surface area contributed by atoms with Crippen LogP contribution in [0.4, 0.5) is 5.69 Å². The van der Waals surface area contributed by atoms with E-state index in [1.807, 2.05) is 54.6 Å². The molecule has 0 bridgehead atoms. The number of benzene rings is 2. The van der Waals surface area contributed by atoms with Gasteiger partial charge < -0.3 is 10.2 Å². The molecule has 132 valence electrons. The van der Waals surface area contributed by atoms with Crippen LogP contribution in [0.15, 0.2) is 54.6 Å². The Morgan fingerprint density at radius 2 is 1.64 bits per heavy atom. The van der Waals surface area contributed by atoms with E-state index in [9.17, 15) is 9.59 Å². The Bertz CT molecular complexity index is 694. The lowest BCUT2D eigenvalue weighted by atomic mass is 10.0. The average molecular weight is 338 g/mol. The molecular weight excluding hydrogens is 312 g/mol. The first-order chi connectivity index (χ1) is 12.0. The van der Waals surface area contributed by atoms with E-state index in [1.165, 1.54) is 12.5 Å². The van der Waals surface area contributed by atoms with Crippen molar-refractivity contribution in [1.82, 2.24) is 5.32 Å². The first-order valence-corrected chi connectivity index (χ1v) is 8.66. The van der Waals surface area contributed by atoms with Crippen LogP contribution in [0.25, 0.3) is 0 Å². The van der Waals surface area contributed by atoms with Gasteiger partial charge in [0, 0.05) is 32.1 Å². The highest BCUT2D eigenvalue weighted by Gasteiger charge is 2.13. The van der Waals surface area contributed by atoms with Crippen molar-refractivity contribution in [3.8, 4) is 0 Å². The Hall–Kier alpha value is -2.62. The molecule has 0 heterocycles. The summed E-state index contributed by atoms with van der Waals surface area (Å²) in [5.74, 6) is 0.325. The molecule has 0 spiro atoms. The van der Waals surface area contributed by atoms with E-state index in [-0.39, 0.29) is 18.2 Å². The molecule has 0 atom stereocenters. The molecule has 0 radical (unpaired) electrons. The summed E-state index contributed by atoms with van der Waals surface area (Å²) < 4.78 is 0. The largest absolute Gasteiger partial charge is 0.352 e. The molecule has 0 saturated carbocycles. The number of carbonyl (C=O) groups excluding carboxylic acids is 2. The molecule has 2 aromatic rings. The summed E-state index contributed by atoms with van der Waals surface area (Å²) in [4.78, 5) is 25.7. The van der Waals surface area contributed by atoms with Gasteiger partial charge in [-0.1, -0.05) is 56.3 Å². The first-order valence-electron chi connectivity index (χ1n) is 8.66. The fourth-order valence-electron chi connectivity index (χ4n) is 2.61. The normalized spacial score (nSPS) is 10.6. The molecule has 0 saturated heterocycles. The SMILES string of the molecule is CC(=O)N(CCC(=O)NCc1ccccc1)c1ccc(C(C)C)cc1. The van der Waals surface area contributed by atoms with Crippen LogP contribution in [-0.2, 0) is 16.1 Å². The lowest BCUT2D eigenvalue weighted by Gasteiger charge is -2.21. The van der Waals surface area contributed by atoms with Gasteiger partial charge >= 0.3 is 0 Å². The molecule has 2 amide bonds. The lowest BCUT2D eigenvalue weighted by Crippen LogP contribution is -2.33. The third-order valence-electron chi connectivity index (χ3n) is 4.15. The van der Waals surface area contributed by atoms with Crippen molar-refractivity contribution in [3.05, 3.63) is 65.7 Å². The van der Waals surface area contributed by atoms with Crippen LogP contribution in [0.3, 0.4) is 0 Å². The van der Waals surface area contributed by atoms with Gasteiger partial charge in [-0.3, -0.25) is 9.59 Å². The molecule has 2 aromatic carbocycles. The van der Waals surface area contributed by atoms with Crippen molar-refractivity contribution in [1.29, 1.82) is 0 Å². The number of nitrogens with one attached hydrogen (secondary N) is 1.